The van der Waals surface area contributed by atoms with Gasteiger partial charge in [-0.15, -0.1) is 11.3 Å². The Balaban J connectivity index is 1.68. The van der Waals surface area contributed by atoms with E-state index in [2.05, 4.69) is 49.1 Å². The first kappa shape index (κ1) is 20.5. The van der Waals surface area contributed by atoms with Gasteiger partial charge in [-0.05, 0) is 29.5 Å². The summed E-state index contributed by atoms with van der Waals surface area (Å²) in [6, 6.07) is 12.1. The van der Waals surface area contributed by atoms with Crippen LogP contribution >= 0.6 is 27.3 Å². The van der Waals surface area contributed by atoms with Crippen LogP contribution in [-0.4, -0.2) is 44.0 Å². The van der Waals surface area contributed by atoms with Crippen LogP contribution in [0.5, 0.6) is 0 Å². The number of carbonyl (C=O) groups is 1. The summed E-state index contributed by atoms with van der Waals surface area (Å²) >= 11 is 5.27. The predicted octanol–water partition coefficient (Wildman–Crippen LogP) is 3.27. The van der Waals surface area contributed by atoms with Crippen LogP contribution in [0.1, 0.15) is 16.9 Å². The van der Waals surface area contributed by atoms with Crippen molar-refractivity contribution in [2.24, 2.45) is 4.99 Å². The number of nitrogens with zero attached hydrogens (tertiary/aromatic N) is 2. The number of amides is 1. The number of guanidine groups is 1. The van der Waals surface area contributed by atoms with Crippen molar-refractivity contribution in [2.75, 3.05) is 27.2 Å². The Morgan fingerprint density at radius 2 is 1.96 bits per heavy atom. The van der Waals surface area contributed by atoms with E-state index in [0.29, 0.717) is 19.5 Å². The summed E-state index contributed by atoms with van der Waals surface area (Å²) in [5.41, 5.74) is 1.10. The van der Waals surface area contributed by atoms with Crippen LogP contribution in [0, 0.1) is 0 Å². The minimum absolute atomic E-state index is 0.0993. The topological polar surface area (TPSA) is 56.7 Å². The van der Waals surface area contributed by atoms with E-state index >= 15 is 0 Å². The van der Waals surface area contributed by atoms with Gasteiger partial charge in [0.1, 0.15) is 0 Å². The maximum Gasteiger partial charge on any atom is 0.224 e. The number of rotatable bonds is 8. The molecule has 1 heterocycles. The fraction of sp³-hybridized carbons (Fsp3) is 0.368. The number of hydrogen-bond acceptors (Lipinski definition) is 3. The van der Waals surface area contributed by atoms with Crippen LogP contribution in [0.2, 0.25) is 0 Å². The molecule has 1 aromatic carbocycles. The van der Waals surface area contributed by atoms with Crippen LogP contribution < -0.4 is 10.6 Å². The molecule has 0 saturated carbocycles. The summed E-state index contributed by atoms with van der Waals surface area (Å²) in [6.07, 6.45) is 1.39. The molecule has 2 aromatic rings. The zero-order valence-electron chi connectivity index (χ0n) is 15.2. The molecule has 26 heavy (non-hydrogen) atoms. The van der Waals surface area contributed by atoms with E-state index in [9.17, 15) is 4.79 Å². The maximum absolute atomic E-state index is 12.3. The second-order valence-electron chi connectivity index (χ2n) is 5.85. The Hall–Kier alpha value is -1.86. The molecule has 140 valence electrons. The van der Waals surface area contributed by atoms with Crippen molar-refractivity contribution in [3.8, 4) is 0 Å². The highest BCUT2D eigenvalue weighted by molar-refractivity contribution is 9.10. The molecule has 0 aliphatic rings. The molecule has 0 aliphatic heterocycles. The first-order chi connectivity index (χ1) is 12.6. The van der Waals surface area contributed by atoms with Crippen molar-refractivity contribution < 1.29 is 4.79 Å². The summed E-state index contributed by atoms with van der Waals surface area (Å²) in [5, 5.41) is 8.55. The van der Waals surface area contributed by atoms with Crippen molar-refractivity contribution >= 4 is 39.1 Å². The van der Waals surface area contributed by atoms with Gasteiger partial charge < -0.3 is 15.5 Å². The van der Waals surface area contributed by atoms with Crippen molar-refractivity contribution in [3.05, 3.63) is 56.7 Å². The zero-order valence-corrected chi connectivity index (χ0v) is 17.6. The minimum atomic E-state index is 0.0993. The number of benzene rings is 1. The molecule has 0 unspecified atom stereocenters. The fourth-order valence-corrected chi connectivity index (χ4v) is 3.55. The molecule has 1 amide bonds. The molecule has 0 fully saturated rings. The molecule has 2 N–H and O–H groups in total. The lowest BCUT2D eigenvalue weighted by Crippen LogP contribution is -2.40. The molecule has 7 heteroatoms. The third-order valence-electron chi connectivity index (χ3n) is 3.89. The summed E-state index contributed by atoms with van der Waals surface area (Å²) in [7, 11) is 3.57. The summed E-state index contributed by atoms with van der Waals surface area (Å²) in [4.78, 5) is 19.6. The van der Waals surface area contributed by atoms with E-state index in [0.717, 1.165) is 29.0 Å². The molecule has 5 nitrogen and oxygen atoms in total. The molecule has 0 spiro atoms. The van der Waals surface area contributed by atoms with E-state index in [1.165, 1.54) is 4.88 Å². The third kappa shape index (κ3) is 6.80. The normalized spacial score (nSPS) is 11.3. The van der Waals surface area contributed by atoms with Crippen molar-refractivity contribution in [2.45, 2.75) is 19.4 Å². The van der Waals surface area contributed by atoms with Crippen molar-refractivity contribution in [1.29, 1.82) is 0 Å². The summed E-state index contributed by atoms with van der Waals surface area (Å²) < 4.78 is 1.02. The van der Waals surface area contributed by atoms with Gasteiger partial charge in [0, 0.05) is 49.5 Å². The molecule has 1 aromatic heterocycles. The number of thiophene rings is 1. The van der Waals surface area contributed by atoms with E-state index < -0.39 is 0 Å². The third-order valence-corrected chi connectivity index (χ3v) is 5.60. The van der Waals surface area contributed by atoms with Gasteiger partial charge in [-0.1, -0.05) is 40.2 Å². The summed E-state index contributed by atoms with van der Waals surface area (Å²) in [6.45, 7) is 1.96. The van der Waals surface area contributed by atoms with E-state index in [1.807, 2.05) is 31.3 Å². The predicted molar refractivity (Wildman–Crippen MR) is 113 cm³/mol. The van der Waals surface area contributed by atoms with Crippen LogP contribution in [0.3, 0.4) is 0 Å². The molecule has 0 aliphatic carbocycles. The number of carbonyl (C=O) groups excluding carboxylic acids is 1. The Labute approximate surface area is 167 Å². The second kappa shape index (κ2) is 11.0. The van der Waals surface area contributed by atoms with Crippen molar-refractivity contribution in [3.63, 3.8) is 0 Å². The summed E-state index contributed by atoms with van der Waals surface area (Å²) in [5.74, 6) is 0.824. The van der Waals surface area contributed by atoms with Gasteiger partial charge in [-0.3, -0.25) is 9.79 Å². The highest BCUT2D eigenvalue weighted by atomic mass is 79.9. The highest BCUT2D eigenvalue weighted by Crippen LogP contribution is 2.17. The molecular weight excluding hydrogens is 412 g/mol. The number of nitrogens with one attached hydrogen (secondary N) is 2. The fourth-order valence-electron chi connectivity index (χ4n) is 2.43. The van der Waals surface area contributed by atoms with E-state index in [1.54, 1.807) is 23.3 Å². The van der Waals surface area contributed by atoms with Gasteiger partial charge in [0.15, 0.2) is 5.96 Å². The van der Waals surface area contributed by atoms with Gasteiger partial charge in [0.05, 0.1) is 0 Å². The highest BCUT2D eigenvalue weighted by Gasteiger charge is 2.11. The maximum atomic E-state index is 12.3. The van der Waals surface area contributed by atoms with Gasteiger partial charge in [0.25, 0.3) is 0 Å². The Morgan fingerprint density at radius 3 is 2.65 bits per heavy atom. The lowest BCUT2D eigenvalue weighted by Gasteiger charge is -2.19. The molecule has 0 atom stereocenters. The minimum Gasteiger partial charge on any atom is -0.356 e. The van der Waals surface area contributed by atoms with Gasteiger partial charge >= 0.3 is 0 Å². The number of hydrogen-bond donors (Lipinski definition) is 2. The molecule has 0 saturated heterocycles. The van der Waals surface area contributed by atoms with Crippen LogP contribution in [0.25, 0.3) is 0 Å². The monoisotopic (exact) mass is 436 g/mol. The standard InChI is InChI=1S/C19H25BrN4OS/c1-21-19(22-11-9-16-7-5-13-26-16)23-12-10-18(25)24(2)14-15-6-3-4-8-17(15)20/h3-8,13H,9-12,14H2,1-2H3,(H2,21,22,23). The van der Waals surface area contributed by atoms with E-state index in [-0.39, 0.29) is 5.91 Å². The largest absolute Gasteiger partial charge is 0.356 e. The Kier molecular flexibility index (Phi) is 8.64. The molecular formula is C19H25BrN4OS. The van der Waals surface area contributed by atoms with E-state index in [4.69, 9.17) is 0 Å². The SMILES string of the molecule is CN=C(NCCC(=O)N(C)Cc1ccccc1Br)NCCc1cccs1. The smallest absolute Gasteiger partial charge is 0.224 e. The van der Waals surface area contributed by atoms with Crippen LogP contribution in [-0.2, 0) is 17.8 Å². The average molecular weight is 437 g/mol. The van der Waals surface area contributed by atoms with Crippen molar-refractivity contribution in [1.82, 2.24) is 15.5 Å². The van der Waals surface area contributed by atoms with Gasteiger partial charge in [-0.2, -0.15) is 0 Å². The molecule has 0 bridgehead atoms. The first-order valence-electron chi connectivity index (χ1n) is 8.54. The Bertz CT molecular complexity index is 718. The Morgan fingerprint density at radius 1 is 1.19 bits per heavy atom. The van der Waals surface area contributed by atoms with Crippen LogP contribution in [0.15, 0.2) is 51.2 Å². The lowest BCUT2D eigenvalue weighted by molar-refractivity contribution is -0.130. The number of aliphatic imine (C=N–C) groups is 1. The zero-order chi connectivity index (χ0) is 18.8. The second-order valence-corrected chi connectivity index (χ2v) is 7.73. The van der Waals surface area contributed by atoms with Gasteiger partial charge in [-0.25, -0.2) is 0 Å². The first-order valence-corrected chi connectivity index (χ1v) is 10.2. The lowest BCUT2D eigenvalue weighted by atomic mass is 10.2. The average Bonchev–Trinajstić information content (AvgIpc) is 3.15. The molecule has 2 rings (SSSR count). The quantitative estimate of drug-likeness (QED) is 0.493. The van der Waals surface area contributed by atoms with Gasteiger partial charge in [0.2, 0.25) is 5.91 Å². The molecule has 0 radical (unpaired) electrons. The van der Waals surface area contributed by atoms with Crippen LogP contribution in [0.4, 0.5) is 0 Å². The number of halogens is 1.